The number of methoxy groups -OCH3 is 1. The van der Waals surface area contributed by atoms with E-state index in [2.05, 4.69) is 20.9 Å². The number of aromatic nitrogens is 1. The van der Waals surface area contributed by atoms with Gasteiger partial charge in [-0.25, -0.2) is 4.79 Å². The summed E-state index contributed by atoms with van der Waals surface area (Å²) < 4.78 is 10.8. The number of para-hydroxylation sites is 1. The van der Waals surface area contributed by atoms with Gasteiger partial charge in [0.15, 0.2) is 0 Å². The summed E-state index contributed by atoms with van der Waals surface area (Å²) in [6, 6.07) is 8.54. The molecule has 6 N–H and O–H groups in total. The summed E-state index contributed by atoms with van der Waals surface area (Å²) in [5.41, 5.74) is 7.19. The number of benzene rings is 2. The summed E-state index contributed by atoms with van der Waals surface area (Å²) in [4.78, 5) is 57.2. The van der Waals surface area contributed by atoms with Crippen molar-refractivity contribution >= 4 is 57.9 Å². The van der Waals surface area contributed by atoms with E-state index in [4.69, 9.17) is 38.4 Å². The first-order valence-electron chi connectivity index (χ1n) is 15.8. The number of carbonyl (C=O) groups is 4. The Morgan fingerprint density at radius 2 is 1.70 bits per heavy atom. The molecule has 4 amide bonds. The summed E-state index contributed by atoms with van der Waals surface area (Å²) in [6.45, 7) is 7.36. The SMILES string of the molecule is CCC(C)C(NC(=O)OCc1ccccc1OC)C(=O)N[C@]1(C(=O)N[C@H](C(N)=O)[C@@H](C)CC)CCc2[nH]c3c(Cl)cc(Cl)cc3c2C1. The fraction of sp³-hybridized carbons (Fsp3) is 0.471. The highest BCUT2D eigenvalue weighted by Crippen LogP contribution is 2.38. The van der Waals surface area contributed by atoms with E-state index in [0.717, 1.165) is 16.6 Å². The Labute approximate surface area is 284 Å². The van der Waals surface area contributed by atoms with Gasteiger partial charge < -0.3 is 36.1 Å². The van der Waals surface area contributed by atoms with Gasteiger partial charge in [0, 0.05) is 28.1 Å². The van der Waals surface area contributed by atoms with E-state index in [1.807, 2.05) is 27.7 Å². The molecule has 0 saturated heterocycles. The quantitative estimate of drug-likeness (QED) is 0.166. The lowest BCUT2D eigenvalue weighted by molar-refractivity contribution is -0.137. The lowest BCUT2D eigenvalue weighted by atomic mass is 9.78. The standard InChI is InChI=1S/C34H43Cl2N5O6/c1-6-18(3)27(30(37)42)39-32(44)34(13-12-25-23(16-34)22-14-21(35)15-24(36)29(22)38-25)41-31(43)28(19(4)7-2)40-33(45)47-17-20-10-8-9-11-26(20)46-5/h8-11,14-15,18-19,27-28,38H,6-7,12-13,16-17H2,1-5H3,(H2,37,42)(H,39,44)(H,40,45)(H,41,43)/t18-,19?,27-,28?,34+/m0/s1. The number of H-pyrrole nitrogens is 1. The van der Waals surface area contributed by atoms with Gasteiger partial charge >= 0.3 is 6.09 Å². The number of aromatic amines is 1. The molecule has 1 aliphatic rings. The number of aryl methyl sites for hydroxylation is 1. The number of halogens is 2. The molecule has 0 spiro atoms. The van der Waals surface area contributed by atoms with Crippen LogP contribution >= 0.6 is 23.2 Å². The zero-order valence-corrected chi connectivity index (χ0v) is 28.8. The minimum absolute atomic E-state index is 0.0738. The number of nitrogens with one attached hydrogen (secondary N) is 4. The Morgan fingerprint density at radius 3 is 2.36 bits per heavy atom. The number of carbonyl (C=O) groups excluding carboxylic acids is 4. The Kier molecular flexibility index (Phi) is 11.7. The van der Waals surface area contributed by atoms with Crippen LogP contribution in [0.25, 0.3) is 10.9 Å². The summed E-state index contributed by atoms with van der Waals surface area (Å²) in [5.74, 6) is -1.80. The second-order valence-electron chi connectivity index (χ2n) is 12.3. The van der Waals surface area contributed by atoms with Crippen molar-refractivity contribution in [1.82, 2.24) is 20.9 Å². The highest BCUT2D eigenvalue weighted by Gasteiger charge is 2.46. The molecule has 2 unspecified atom stereocenters. The zero-order valence-electron chi connectivity index (χ0n) is 27.3. The van der Waals surface area contributed by atoms with E-state index in [-0.39, 0.29) is 31.3 Å². The summed E-state index contributed by atoms with van der Waals surface area (Å²) in [6.07, 6.45) is 1.01. The summed E-state index contributed by atoms with van der Waals surface area (Å²) >= 11 is 12.9. The Morgan fingerprint density at radius 1 is 1.02 bits per heavy atom. The number of primary amides is 1. The van der Waals surface area contributed by atoms with Gasteiger partial charge in [-0.1, -0.05) is 81.9 Å². The number of hydrogen-bond donors (Lipinski definition) is 5. The van der Waals surface area contributed by atoms with Crippen LogP contribution in [0.1, 0.15) is 63.8 Å². The number of amides is 4. The van der Waals surface area contributed by atoms with Crippen LogP contribution in [0.3, 0.4) is 0 Å². The van der Waals surface area contributed by atoms with Gasteiger partial charge in [-0.15, -0.1) is 0 Å². The minimum Gasteiger partial charge on any atom is -0.496 e. The van der Waals surface area contributed by atoms with E-state index in [1.54, 1.807) is 36.4 Å². The lowest BCUT2D eigenvalue weighted by Gasteiger charge is -2.39. The van der Waals surface area contributed by atoms with Crippen LogP contribution in [-0.2, 0) is 38.6 Å². The molecule has 47 heavy (non-hydrogen) atoms. The van der Waals surface area contributed by atoms with Crippen LogP contribution in [0.15, 0.2) is 36.4 Å². The number of alkyl carbamates (subject to hydrolysis) is 1. The van der Waals surface area contributed by atoms with Gasteiger partial charge in [0.2, 0.25) is 17.7 Å². The number of nitrogens with two attached hydrogens (primary N) is 1. The molecule has 0 bridgehead atoms. The largest absolute Gasteiger partial charge is 0.496 e. The topological polar surface area (TPSA) is 165 Å². The second kappa shape index (κ2) is 15.3. The third-order valence-electron chi connectivity index (χ3n) is 9.22. The fourth-order valence-corrected chi connectivity index (χ4v) is 6.53. The molecule has 0 saturated carbocycles. The first-order chi connectivity index (χ1) is 22.3. The van der Waals surface area contributed by atoms with E-state index in [1.165, 1.54) is 7.11 Å². The molecule has 0 radical (unpaired) electrons. The van der Waals surface area contributed by atoms with Crippen molar-refractivity contribution in [2.24, 2.45) is 17.6 Å². The van der Waals surface area contributed by atoms with Crippen molar-refractivity contribution in [1.29, 1.82) is 0 Å². The molecule has 2 aromatic carbocycles. The third kappa shape index (κ3) is 7.96. The van der Waals surface area contributed by atoms with E-state index < -0.39 is 41.4 Å². The van der Waals surface area contributed by atoms with Crippen molar-refractivity contribution in [3.63, 3.8) is 0 Å². The predicted octanol–water partition coefficient (Wildman–Crippen LogP) is 5.18. The molecular weight excluding hydrogens is 645 g/mol. The number of rotatable bonds is 13. The number of ether oxygens (including phenoxy) is 2. The average molecular weight is 689 g/mol. The van der Waals surface area contributed by atoms with Gasteiger partial charge in [0.1, 0.15) is 30.0 Å². The van der Waals surface area contributed by atoms with E-state index in [9.17, 15) is 19.2 Å². The highest BCUT2D eigenvalue weighted by molar-refractivity contribution is 6.38. The van der Waals surface area contributed by atoms with Crippen LogP contribution in [0.5, 0.6) is 5.75 Å². The van der Waals surface area contributed by atoms with Gasteiger partial charge in [-0.2, -0.15) is 0 Å². The van der Waals surface area contributed by atoms with Crippen molar-refractivity contribution in [3.05, 3.63) is 63.3 Å². The minimum atomic E-state index is -1.50. The maximum absolute atomic E-state index is 14.3. The monoisotopic (exact) mass is 687 g/mol. The molecule has 1 heterocycles. The van der Waals surface area contributed by atoms with Gasteiger partial charge in [-0.3, -0.25) is 14.4 Å². The van der Waals surface area contributed by atoms with Gasteiger partial charge in [0.05, 0.1) is 17.6 Å². The highest BCUT2D eigenvalue weighted by atomic mass is 35.5. The van der Waals surface area contributed by atoms with Crippen LogP contribution in [0, 0.1) is 11.8 Å². The molecule has 1 aromatic heterocycles. The van der Waals surface area contributed by atoms with Crippen molar-refractivity contribution in [2.45, 2.75) is 84.0 Å². The zero-order chi connectivity index (χ0) is 34.5. The molecule has 5 atom stereocenters. The molecular formula is C34H43Cl2N5O6. The number of hydrogen-bond acceptors (Lipinski definition) is 6. The second-order valence-corrected chi connectivity index (χ2v) is 13.1. The van der Waals surface area contributed by atoms with Crippen molar-refractivity contribution in [2.75, 3.05) is 7.11 Å². The predicted molar refractivity (Wildman–Crippen MR) is 181 cm³/mol. The fourth-order valence-electron chi connectivity index (χ4n) is 5.99. The molecule has 254 valence electrons. The van der Waals surface area contributed by atoms with Gasteiger partial charge in [-0.05, 0) is 48.4 Å². The normalized spacial score (nSPS) is 18.3. The van der Waals surface area contributed by atoms with E-state index in [0.29, 0.717) is 46.1 Å². The lowest BCUT2D eigenvalue weighted by Crippen LogP contribution is -2.67. The molecule has 13 heteroatoms. The van der Waals surface area contributed by atoms with Crippen LogP contribution < -0.4 is 26.4 Å². The van der Waals surface area contributed by atoms with Crippen LogP contribution in [-0.4, -0.2) is 53.5 Å². The smallest absolute Gasteiger partial charge is 0.408 e. The van der Waals surface area contributed by atoms with Crippen LogP contribution in [0.2, 0.25) is 10.0 Å². The maximum Gasteiger partial charge on any atom is 0.408 e. The molecule has 0 aliphatic heterocycles. The van der Waals surface area contributed by atoms with Gasteiger partial charge in [0.25, 0.3) is 0 Å². The Balaban J connectivity index is 1.65. The first-order valence-corrected chi connectivity index (χ1v) is 16.6. The number of fused-ring (bicyclic) bond motifs is 3. The molecule has 0 fully saturated rings. The first kappa shape index (κ1) is 35.9. The van der Waals surface area contributed by atoms with Crippen molar-refractivity contribution < 1.29 is 28.7 Å². The molecule has 3 aromatic rings. The molecule has 1 aliphatic carbocycles. The van der Waals surface area contributed by atoms with Crippen molar-refractivity contribution in [3.8, 4) is 5.75 Å². The Bertz CT molecular complexity index is 1640. The van der Waals surface area contributed by atoms with E-state index >= 15 is 0 Å². The van der Waals surface area contributed by atoms with Crippen LogP contribution in [0.4, 0.5) is 4.79 Å². The molecule has 11 nitrogen and oxygen atoms in total. The molecule has 4 rings (SSSR count). The Hall–Kier alpha value is -3.96. The summed E-state index contributed by atoms with van der Waals surface area (Å²) in [5, 5.41) is 10.1. The maximum atomic E-state index is 14.3. The average Bonchev–Trinajstić information content (AvgIpc) is 3.41. The third-order valence-corrected chi connectivity index (χ3v) is 9.74. The summed E-state index contributed by atoms with van der Waals surface area (Å²) in [7, 11) is 1.52.